The molecule has 1 amide bonds. The molecule has 2 N–H and O–H groups in total. The Kier molecular flexibility index (Phi) is 3.84. The number of benzene rings is 2. The molecular weight excluding hydrogens is 314 g/mol. The third kappa shape index (κ3) is 3.05. The molecular formula is C20H19N3O2. The zero-order chi connectivity index (χ0) is 17.4. The van der Waals surface area contributed by atoms with E-state index in [0.29, 0.717) is 16.7 Å². The van der Waals surface area contributed by atoms with E-state index >= 15 is 0 Å². The van der Waals surface area contributed by atoms with E-state index in [2.05, 4.69) is 39.8 Å². The number of nitrogens with zero attached hydrogens (tertiary/aromatic N) is 1. The lowest BCUT2D eigenvalue weighted by Crippen LogP contribution is -2.31. The van der Waals surface area contributed by atoms with Crippen LogP contribution in [0.5, 0.6) is 0 Å². The van der Waals surface area contributed by atoms with Crippen molar-refractivity contribution in [3.8, 4) is 0 Å². The van der Waals surface area contributed by atoms with E-state index < -0.39 is 0 Å². The van der Waals surface area contributed by atoms with E-state index in [1.807, 2.05) is 6.92 Å². The molecule has 0 radical (unpaired) electrons. The summed E-state index contributed by atoms with van der Waals surface area (Å²) in [5.41, 5.74) is 2.27. The van der Waals surface area contributed by atoms with Gasteiger partial charge in [0.15, 0.2) is 5.69 Å². The van der Waals surface area contributed by atoms with Gasteiger partial charge in [-0.2, -0.15) is 5.10 Å². The Morgan fingerprint density at radius 3 is 2.48 bits per heavy atom. The molecule has 25 heavy (non-hydrogen) atoms. The summed E-state index contributed by atoms with van der Waals surface area (Å²) in [4.78, 5) is 24.8. The zero-order valence-electron chi connectivity index (χ0n) is 14.0. The number of aromatic nitrogens is 2. The number of aryl methyl sites for hydroxylation is 1. The Bertz CT molecular complexity index is 988. The van der Waals surface area contributed by atoms with Gasteiger partial charge in [-0.15, -0.1) is 0 Å². The van der Waals surface area contributed by atoms with E-state index in [-0.39, 0.29) is 23.2 Å². The number of carbonyl (C=O) groups is 1. The predicted molar refractivity (Wildman–Crippen MR) is 96.5 cm³/mol. The molecule has 1 unspecified atom stereocenters. The Hall–Kier alpha value is -2.95. The van der Waals surface area contributed by atoms with Crippen LogP contribution in [0.3, 0.4) is 0 Å². The standard InChI is InChI=1S/C20H19N3O2/c1-12-6-8-13(9-7-12)17(14-10-11-14)21-20(25)18-15-4-2-3-5-16(15)19(24)23-22-18/h2-9,14,17H,10-11H2,1H3,(H,21,25)(H,23,24). The van der Waals surface area contributed by atoms with Crippen molar-refractivity contribution in [3.05, 3.63) is 75.7 Å². The van der Waals surface area contributed by atoms with Crippen LogP contribution in [0.4, 0.5) is 0 Å². The van der Waals surface area contributed by atoms with Gasteiger partial charge >= 0.3 is 0 Å². The Morgan fingerprint density at radius 1 is 1.12 bits per heavy atom. The van der Waals surface area contributed by atoms with Gasteiger partial charge in [0, 0.05) is 5.39 Å². The molecule has 5 nitrogen and oxygen atoms in total. The topological polar surface area (TPSA) is 74.8 Å². The van der Waals surface area contributed by atoms with Crippen molar-refractivity contribution < 1.29 is 4.79 Å². The summed E-state index contributed by atoms with van der Waals surface area (Å²) in [6.45, 7) is 2.05. The number of aromatic amines is 1. The largest absolute Gasteiger partial charge is 0.344 e. The normalized spacial score (nSPS) is 15.1. The summed E-state index contributed by atoms with van der Waals surface area (Å²) in [6, 6.07) is 15.3. The Labute approximate surface area is 145 Å². The number of fused-ring (bicyclic) bond motifs is 1. The highest BCUT2D eigenvalue weighted by Crippen LogP contribution is 2.41. The minimum absolute atomic E-state index is 0.0272. The van der Waals surface area contributed by atoms with Gasteiger partial charge in [0.2, 0.25) is 0 Å². The van der Waals surface area contributed by atoms with Crippen LogP contribution in [0.1, 0.15) is 40.5 Å². The number of rotatable bonds is 4. The Balaban J connectivity index is 1.68. The highest BCUT2D eigenvalue weighted by molar-refractivity contribution is 6.04. The third-order valence-electron chi connectivity index (χ3n) is 4.73. The molecule has 0 aliphatic heterocycles. The van der Waals surface area contributed by atoms with Crippen LogP contribution in [0.2, 0.25) is 0 Å². The van der Waals surface area contributed by atoms with Crippen molar-refractivity contribution in [1.82, 2.24) is 15.5 Å². The summed E-state index contributed by atoms with van der Waals surface area (Å²) >= 11 is 0. The van der Waals surface area contributed by atoms with Crippen LogP contribution in [0, 0.1) is 12.8 Å². The molecule has 1 aliphatic rings. The molecule has 1 aromatic heterocycles. The van der Waals surface area contributed by atoms with Crippen molar-refractivity contribution >= 4 is 16.7 Å². The fourth-order valence-corrected chi connectivity index (χ4v) is 3.17. The van der Waals surface area contributed by atoms with Crippen molar-refractivity contribution in [1.29, 1.82) is 0 Å². The highest BCUT2D eigenvalue weighted by Gasteiger charge is 2.34. The first-order valence-corrected chi connectivity index (χ1v) is 8.48. The first-order valence-electron chi connectivity index (χ1n) is 8.48. The summed E-state index contributed by atoms with van der Waals surface area (Å²) < 4.78 is 0. The van der Waals surface area contributed by atoms with Gasteiger partial charge in [-0.1, -0.05) is 48.0 Å². The Morgan fingerprint density at radius 2 is 1.80 bits per heavy atom. The van der Waals surface area contributed by atoms with E-state index in [1.54, 1.807) is 24.3 Å². The second-order valence-corrected chi connectivity index (χ2v) is 6.65. The van der Waals surface area contributed by atoms with Crippen LogP contribution in [-0.2, 0) is 0 Å². The van der Waals surface area contributed by atoms with Crippen LogP contribution >= 0.6 is 0 Å². The maximum Gasteiger partial charge on any atom is 0.272 e. The predicted octanol–water partition coefficient (Wildman–Crippen LogP) is 3.11. The first kappa shape index (κ1) is 15.6. The molecule has 4 rings (SSSR count). The first-order chi connectivity index (χ1) is 12.1. The fourth-order valence-electron chi connectivity index (χ4n) is 3.17. The molecule has 0 saturated heterocycles. The second-order valence-electron chi connectivity index (χ2n) is 6.65. The van der Waals surface area contributed by atoms with E-state index in [9.17, 15) is 9.59 Å². The third-order valence-corrected chi connectivity index (χ3v) is 4.73. The van der Waals surface area contributed by atoms with E-state index in [1.165, 1.54) is 5.56 Å². The quantitative estimate of drug-likeness (QED) is 0.770. The van der Waals surface area contributed by atoms with E-state index in [4.69, 9.17) is 0 Å². The van der Waals surface area contributed by atoms with Gasteiger partial charge in [-0.05, 0) is 37.3 Å². The van der Waals surface area contributed by atoms with Crippen molar-refractivity contribution in [3.63, 3.8) is 0 Å². The van der Waals surface area contributed by atoms with Crippen molar-refractivity contribution in [2.75, 3.05) is 0 Å². The molecule has 5 heteroatoms. The molecule has 1 atom stereocenters. The number of hydrogen-bond acceptors (Lipinski definition) is 3. The van der Waals surface area contributed by atoms with Crippen LogP contribution < -0.4 is 10.9 Å². The van der Waals surface area contributed by atoms with Gasteiger partial charge < -0.3 is 5.32 Å². The summed E-state index contributed by atoms with van der Waals surface area (Å²) in [6.07, 6.45) is 2.22. The average Bonchev–Trinajstić information content (AvgIpc) is 3.46. The summed E-state index contributed by atoms with van der Waals surface area (Å²) in [5, 5.41) is 10.6. The van der Waals surface area contributed by atoms with E-state index in [0.717, 1.165) is 18.4 Å². The SMILES string of the molecule is Cc1ccc(C(NC(=O)c2n[nH]c(=O)c3ccccc23)C2CC2)cc1. The number of H-pyrrole nitrogens is 1. The van der Waals surface area contributed by atoms with Gasteiger partial charge in [-0.25, -0.2) is 5.10 Å². The smallest absolute Gasteiger partial charge is 0.272 e. The van der Waals surface area contributed by atoms with Gasteiger partial charge in [-0.3, -0.25) is 9.59 Å². The van der Waals surface area contributed by atoms with Gasteiger partial charge in [0.05, 0.1) is 11.4 Å². The monoisotopic (exact) mass is 333 g/mol. The number of nitrogens with one attached hydrogen (secondary N) is 2. The molecule has 2 aromatic carbocycles. The summed E-state index contributed by atoms with van der Waals surface area (Å²) in [5.74, 6) is 0.200. The van der Waals surface area contributed by atoms with Crippen LogP contribution in [-0.4, -0.2) is 16.1 Å². The lowest BCUT2D eigenvalue weighted by atomic mass is 10.0. The van der Waals surface area contributed by atoms with Crippen molar-refractivity contribution in [2.45, 2.75) is 25.8 Å². The minimum Gasteiger partial charge on any atom is -0.344 e. The van der Waals surface area contributed by atoms with Crippen LogP contribution in [0.15, 0.2) is 53.3 Å². The maximum absolute atomic E-state index is 12.9. The molecule has 0 spiro atoms. The van der Waals surface area contributed by atoms with Crippen molar-refractivity contribution in [2.24, 2.45) is 5.92 Å². The maximum atomic E-state index is 12.9. The molecule has 1 fully saturated rings. The molecule has 1 aliphatic carbocycles. The van der Waals surface area contributed by atoms with Gasteiger partial charge in [0.1, 0.15) is 0 Å². The average molecular weight is 333 g/mol. The molecule has 126 valence electrons. The number of hydrogen-bond donors (Lipinski definition) is 2. The highest BCUT2D eigenvalue weighted by atomic mass is 16.2. The zero-order valence-corrected chi connectivity index (χ0v) is 14.0. The van der Waals surface area contributed by atoms with Gasteiger partial charge in [0.25, 0.3) is 11.5 Å². The fraction of sp³-hybridized carbons (Fsp3) is 0.250. The molecule has 0 bridgehead atoms. The summed E-state index contributed by atoms with van der Waals surface area (Å²) in [7, 11) is 0. The number of amides is 1. The molecule has 1 saturated carbocycles. The number of carbonyl (C=O) groups excluding carboxylic acids is 1. The minimum atomic E-state index is -0.288. The van der Waals surface area contributed by atoms with Crippen LogP contribution in [0.25, 0.3) is 10.8 Å². The lowest BCUT2D eigenvalue weighted by molar-refractivity contribution is 0.0927. The molecule has 3 aromatic rings. The lowest BCUT2D eigenvalue weighted by Gasteiger charge is -2.19. The second kappa shape index (κ2) is 6.16. The molecule has 1 heterocycles.